The van der Waals surface area contributed by atoms with Crippen molar-refractivity contribution in [2.75, 3.05) is 19.6 Å². The van der Waals surface area contributed by atoms with Gasteiger partial charge in [-0.15, -0.1) is 6.42 Å². The van der Waals surface area contributed by atoms with Crippen molar-refractivity contribution in [3.63, 3.8) is 0 Å². The smallest absolute Gasteiger partial charge is 0.141 e. The lowest BCUT2D eigenvalue weighted by Gasteiger charge is -2.37. The van der Waals surface area contributed by atoms with Gasteiger partial charge in [-0.05, 0) is 68.0 Å². The van der Waals surface area contributed by atoms with Gasteiger partial charge in [0, 0.05) is 24.2 Å². The van der Waals surface area contributed by atoms with E-state index < -0.39 is 0 Å². The Morgan fingerprint density at radius 1 is 1.12 bits per heavy atom. The van der Waals surface area contributed by atoms with Crippen molar-refractivity contribution in [1.29, 1.82) is 5.26 Å². The molecule has 0 bridgehead atoms. The number of terminal acetylenes is 1. The number of nitrogens with one attached hydrogen (secondary N) is 1. The normalized spacial score (nSPS) is 16.5. The molecule has 0 spiro atoms. The van der Waals surface area contributed by atoms with Gasteiger partial charge in [0.25, 0.3) is 0 Å². The van der Waals surface area contributed by atoms with Gasteiger partial charge < -0.3 is 10.4 Å². The lowest BCUT2D eigenvalue weighted by molar-refractivity contribution is 0.147. The summed E-state index contributed by atoms with van der Waals surface area (Å²) in [6, 6.07) is 20.8. The predicted octanol–water partition coefficient (Wildman–Crippen LogP) is 4.52. The van der Waals surface area contributed by atoms with Crippen molar-refractivity contribution in [3.8, 4) is 24.2 Å². The Morgan fingerprint density at radius 3 is 2.65 bits per heavy atom. The quantitative estimate of drug-likeness (QED) is 0.467. The number of phenolic OH excluding ortho intramolecular Hbond substituents is 1. The lowest BCUT2D eigenvalue weighted by Crippen LogP contribution is -2.44. The average molecular weight is 453 g/mol. The van der Waals surface area contributed by atoms with Gasteiger partial charge >= 0.3 is 0 Å². The fourth-order valence-electron chi connectivity index (χ4n) is 5.14. The minimum Gasteiger partial charge on any atom is -0.506 e. The number of rotatable bonds is 9. The van der Waals surface area contributed by atoms with E-state index in [9.17, 15) is 10.4 Å². The van der Waals surface area contributed by atoms with Crippen LogP contribution in [-0.4, -0.2) is 40.7 Å². The number of nitrogens with zero attached hydrogens (tertiary/aromatic N) is 3. The molecule has 0 amide bonds. The van der Waals surface area contributed by atoms with Crippen LogP contribution in [0.15, 0.2) is 60.8 Å². The van der Waals surface area contributed by atoms with Crippen LogP contribution in [0.4, 0.5) is 0 Å². The van der Waals surface area contributed by atoms with Crippen LogP contribution in [0, 0.1) is 35.5 Å². The second-order valence-electron chi connectivity index (χ2n) is 9.20. The highest BCUT2D eigenvalue weighted by Gasteiger charge is 2.28. The lowest BCUT2D eigenvalue weighted by atomic mass is 9.82. The third kappa shape index (κ3) is 5.94. The molecule has 2 heterocycles. The van der Waals surface area contributed by atoms with E-state index in [0.717, 1.165) is 49.8 Å². The summed E-state index contributed by atoms with van der Waals surface area (Å²) in [4.78, 5) is 6.83. The van der Waals surface area contributed by atoms with E-state index in [0.29, 0.717) is 24.4 Å². The molecule has 2 atom stereocenters. The standard InChI is InChI=1S/C29H32N4O/c1-2-14-31-27(24-12-16-33(17-13-24)21-22-7-4-3-5-8-22)19-23(20-30)18-25-10-11-28(34)29-26(25)9-6-15-32-29/h1,3-11,15,23-24,27,31,34H,12-14,16-19,21H2. The Morgan fingerprint density at radius 2 is 1.91 bits per heavy atom. The zero-order chi connectivity index (χ0) is 23.8. The molecular weight excluding hydrogens is 420 g/mol. The summed E-state index contributed by atoms with van der Waals surface area (Å²) in [6.07, 6.45) is 10.8. The Bertz CT molecular complexity index is 1160. The maximum absolute atomic E-state index is 10.2. The first-order valence-corrected chi connectivity index (χ1v) is 12.1. The number of fused-ring (bicyclic) bond motifs is 1. The minimum atomic E-state index is -0.148. The molecule has 2 unspecified atom stereocenters. The SMILES string of the molecule is C#CCNC(CC(C#N)Cc1ccc(O)c2ncccc12)C1CCN(Cc2ccccc2)CC1. The third-order valence-electron chi connectivity index (χ3n) is 6.94. The van der Waals surface area contributed by atoms with Gasteiger partial charge in [-0.2, -0.15) is 5.26 Å². The molecule has 1 aromatic heterocycles. The van der Waals surface area contributed by atoms with Crippen LogP contribution in [-0.2, 0) is 13.0 Å². The van der Waals surface area contributed by atoms with Crippen LogP contribution in [0.25, 0.3) is 10.9 Å². The highest BCUT2D eigenvalue weighted by molar-refractivity contribution is 5.87. The van der Waals surface area contributed by atoms with Gasteiger partial charge in [0.05, 0.1) is 18.5 Å². The highest BCUT2D eigenvalue weighted by atomic mass is 16.3. The van der Waals surface area contributed by atoms with Crippen molar-refractivity contribution in [3.05, 3.63) is 71.9 Å². The van der Waals surface area contributed by atoms with E-state index in [2.05, 4.69) is 57.5 Å². The average Bonchev–Trinajstić information content (AvgIpc) is 2.88. The first-order chi connectivity index (χ1) is 16.7. The minimum absolute atomic E-state index is 0.148. The monoisotopic (exact) mass is 452 g/mol. The Kier molecular flexibility index (Phi) is 8.15. The van der Waals surface area contributed by atoms with Gasteiger partial charge in [-0.25, -0.2) is 0 Å². The number of aromatic nitrogens is 1. The van der Waals surface area contributed by atoms with Gasteiger partial charge in [0.15, 0.2) is 0 Å². The third-order valence-corrected chi connectivity index (χ3v) is 6.94. The largest absolute Gasteiger partial charge is 0.506 e. The number of hydrogen-bond donors (Lipinski definition) is 2. The van der Waals surface area contributed by atoms with E-state index in [-0.39, 0.29) is 17.7 Å². The number of likely N-dealkylation sites (tertiary alicyclic amines) is 1. The van der Waals surface area contributed by atoms with Crippen LogP contribution >= 0.6 is 0 Å². The van der Waals surface area contributed by atoms with Gasteiger partial charge in [-0.1, -0.05) is 48.4 Å². The molecule has 3 aromatic rings. The Hall–Kier alpha value is -3.38. The second kappa shape index (κ2) is 11.7. The van der Waals surface area contributed by atoms with Crippen LogP contribution in [0.5, 0.6) is 5.75 Å². The summed E-state index contributed by atoms with van der Waals surface area (Å²) in [7, 11) is 0. The predicted molar refractivity (Wildman–Crippen MR) is 136 cm³/mol. The summed E-state index contributed by atoms with van der Waals surface area (Å²) in [6.45, 7) is 3.61. The number of phenols is 1. The molecular formula is C29H32N4O. The maximum atomic E-state index is 10.2. The summed E-state index contributed by atoms with van der Waals surface area (Å²) >= 11 is 0. The van der Waals surface area contributed by atoms with E-state index in [1.165, 1.54) is 5.56 Å². The molecule has 5 nitrogen and oxygen atoms in total. The zero-order valence-corrected chi connectivity index (χ0v) is 19.5. The molecule has 34 heavy (non-hydrogen) atoms. The van der Waals surface area contributed by atoms with Crippen molar-refractivity contribution in [1.82, 2.24) is 15.2 Å². The zero-order valence-electron chi connectivity index (χ0n) is 19.5. The van der Waals surface area contributed by atoms with Crippen molar-refractivity contribution in [2.24, 2.45) is 11.8 Å². The first-order valence-electron chi connectivity index (χ1n) is 12.1. The van der Waals surface area contributed by atoms with E-state index >= 15 is 0 Å². The van der Waals surface area contributed by atoms with E-state index in [4.69, 9.17) is 6.42 Å². The van der Waals surface area contributed by atoms with Crippen molar-refractivity contribution >= 4 is 10.9 Å². The van der Waals surface area contributed by atoms with Gasteiger partial charge in [-0.3, -0.25) is 9.88 Å². The van der Waals surface area contributed by atoms with Crippen LogP contribution < -0.4 is 5.32 Å². The summed E-state index contributed by atoms with van der Waals surface area (Å²) in [5, 5.41) is 24.6. The molecule has 5 heteroatoms. The second-order valence-corrected chi connectivity index (χ2v) is 9.20. The molecule has 1 aliphatic heterocycles. The van der Waals surface area contributed by atoms with Crippen molar-refractivity contribution in [2.45, 2.75) is 38.3 Å². The molecule has 1 fully saturated rings. The fourth-order valence-corrected chi connectivity index (χ4v) is 5.14. The van der Waals surface area contributed by atoms with Crippen LogP contribution in [0.1, 0.15) is 30.4 Å². The summed E-state index contributed by atoms with van der Waals surface area (Å²) < 4.78 is 0. The molecule has 174 valence electrons. The van der Waals surface area contributed by atoms with Gasteiger partial charge in [0.1, 0.15) is 11.3 Å². The number of piperidine rings is 1. The molecule has 0 aliphatic carbocycles. The molecule has 1 aliphatic rings. The Balaban J connectivity index is 1.41. The number of benzene rings is 2. The number of aromatic hydroxyl groups is 1. The number of pyridine rings is 1. The molecule has 2 N–H and O–H groups in total. The molecule has 4 rings (SSSR count). The van der Waals surface area contributed by atoms with Gasteiger partial charge in [0.2, 0.25) is 0 Å². The number of hydrogen-bond acceptors (Lipinski definition) is 5. The summed E-state index contributed by atoms with van der Waals surface area (Å²) in [5.74, 6) is 3.23. The molecule has 0 saturated carbocycles. The highest BCUT2D eigenvalue weighted by Crippen LogP contribution is 2.30. The van der Waals surface area contributed by atoms with Crippen LogP contribution in [0.2, 0.25) is 0 Å². The molecule has 0 radical (unpaired) electrons. The Labute approximate surface area is 202 Å². The maximum Gasteiger partial charge on any atom is 0.141 e. The van der Waals surface area contributed by atoms with Crippen LogP contribution in [0.3, 0.4) is 0 Å². The molecule has 1 saturated heterocycles. The van der Waals surface area contributed by atoms with E-state index in [1.54, 1.807) is 12.3 Å². The topological polar surface area (TPSA) is 72.2 Å². The molecule has 2 aromatic carbocycles. The first kappa shape index (κ1) is 23.8. The fraction of sp³-hybridized carbons (Fsp3) is 0.379. The van der Waals surface area contributed by atoms with E-state index in [1.807, 2.05) is 18.2 Å². The summed E-state index contributed by atoms with van der Waals surface area (Å²) in [5.41, 5.74) is 2.98. The van der Waals surface area contributed by atoms with Crippen molar-refractivity contribution < 1.29 is 5.11 Å². The number of nitriles is 1.